The number of aromatic nitrogens is 1. The van der Waals surface area contributed by atoms with Crippen molar-refractivity contribution < 1.29 is 19.0 Å². The van der Waals surface area contributed by atoms with E-state index in [0.717, 1.165) is 54.1 Å². The van der Waals surface area contributed by atoms with Crippen molar-refractivity contribution in [2.45, 2.75) is 40.3 Å². The number of carbonyl (C=O) groups is 1. The summed E-state index contributed by atoms with van der Waals surface area (Å²) < 4.78 is 17.8. The van der Waals surface area contributed by atoms with Gasteiger partial charge in [0, 0.05) is 61.9 Å². The minimum atomic E-state index is 0. The summed E-state index contributed by atoms with van der Waals surface area (Å²) in [5, 5.41) is 1.09. The van der Waals surface area contributed by atoms with Crippen molar-refractivity contribution in [1.29, 1.82) is 0 Å². The third-order valence-corrected chi connectivity index (χ3v) is 9.74. The van der Waals surface area contributed by atoms with Gasteiger partial charge in [-0.1, -0.05) is 83.4 Å². The molecule has 1 aliphatic rings. The summed E-state index contributed by atoms with van der Waals surface area (Å²) in [5.74, 6) is 2.41. The van der Waals surface area contributed by atoms with E-state index in [-0.39, 0.29) is 22.9 Å². The second-order valence-corrected chi connectivity index (χ2v) is 13.9. The zero-order chi connectivity index (χ0) is 36.5. The van der Waals surface area contributed by atoms with E-state index >= 15 is 0 Å². The molecule has 1 aromatic heterocycles. The largest absolute Gasteiger partial charge is 0.493 e. The highest BCUT2D eigenvalue weighted by Crippen LogP contribution is 2.35. The van der Waals surface area contributed by atoms with Crippen LogP contribution in [-0.2, 0) is 24.4 Å². The number of rotatable bonds is 13. The van der Waals surface area contributed by atoms with E-state index in [9.17, 15) is 4.79 Å². The molecule has 2 heterocycles. The molecule has 0 radical (unpaired) electrons. The molecule has 1 amide bonds. The number of allylic oxidation sites excluding steroid dienone is 1. The van der Waals surface area contributed by atoms with Crippen LogP contribution in [0.2, 0.25) is 10.0 Å². The monoisotopic (exact) mass is 815 g/mol. The number of carbonyl (C=O) groups excluding carboxylic acids is 1. The van der Waals surface area contributed by atoms with Crippen LogP contribution in [0, 0.1) is 13.8 Å². The van der Waals surface area contributed by atoms with Gasteiger partial charge < -0.3 is 19.1 Å². The molecule has 0 unspecified atom stereocenters. The van der Waals surface area contributed by atoms with Gasteiger partial charge >= 0.3 is 0 Å². The average molecular weight is 818 g/mol. The fourth-order valence-electron chi connectivity index (χ4n) is 5.96. The Morgan fingerprint density at radius 2 is 1.51 bits per heavy atom. The number of halogens is 3. The van der Waals surface area contributed by atoms with Crippen LogP contribution in [-0.4, -0.2) is 53.5 Å². The van der Waals surface area contributed by atoms with E-state index in [1.807, 2.05) is 67.3 Å². The van der Waals surface area contributed by atoms with Gasteiger partial charge in [0.1, 0.15) is 18.1 Å². The van der Waals surface area contributed by atoms with Crippen molar-refractivity contribution in [3.8, 4) is 23.1 Å². The van der Waals surface area contributed by atoms with Crippen LogP contribution in [0.5, 0.6) is 23.1 Å². The van der Waals surface area contributed by atoms with Crippen molar-refractivity contribution in [1.82, 2.24) is 14.8 Å². The second kappa shape index (κ2) is 19.1. The fourth-order valence-corrected chi connectivity index (χ4v) is 6.45. The molecule has 53 heavy (non-hydrogen) atoms. The van der Waals surface area contributed by atoms with E-state index < -0.39 is 0 Å². The van der Waals surface area contributed by atoms with Gasteiger partial charge in [0.2, 0.25) is 11.8 Å². The molecule has 10 heteroatoms. The first-order valence-electron chi connectivity index (χ1n) is 17.5. The number of benzene rings is 4. The molecule has 5 aromatic rings. The Morgan fingerprint density at radius 1 is 0.811 bits per heavy atom. The maximum atomic E-state index is 13.3. The van der Waals surface area contributed by atoms with Crippen LogP contribution in [0.25, 0.3) is 5.57 Å². The van der Waals surface area contributed by atoms with Crippen molar-refractivity contribution in [3.05, 3.63) is 153 Å². The minimum Gasteiger partial charge on any atom is -0.493 e. The smallest absolute Gasteiger partial charge is 0.246 e. The lowest BCUT2D eigenvalue weighted by molar-refractivity contribution is -0.127. The van der Waals surface area contributed by atoms with Gasteiger partial charge in [-0.25, -0.2) is 4.98 Å². The Kier molecular flexibility index (Phi) is 14.4. The lowest BCUT2D eigenvalue weighted by Crippen LogP contribution is -2.47. The van der Waals surface area contributed by atoms with Gasteiger partial charge in [-0.2, -0.15) is 0 Å². The Morgan fingerprint density at radius 3 is 2.19 bits per heavy atom. The van der Waals surface area contributed by atoms with Gasteiger partial charge in [0.25, 0.3) is 0 Å². The molecule has 0 N–H and O–H groups in total. The van der Waals surface area contributed by atoms with Crippen LogP contribution in [0.15, 0.2) is 109 Å². The van der Waals surface area contributed by atoms with Crippen molar-refractivity contribution in [2.24, 2.45) is 0 Å². The molecule has 0 aliphatic carbocycles. The topological polar surface area (TPSA) is 64.1 Å². The summed E-state index contributed by atoms with van der Waals surface area (Å²) in [6, 6.07) is 31.8. The molecule has 6 rings (SSSR count). The van der Waals surface area contributed by atoms with Crippen LogP contribution < -0.4 is 14.2 Å². The van der Waals surface area contributed by atoms with E-state index in [2.05, 4.69) is 53.2 Å². The van der Waals surface area contributed by atoms with E-state index in [1.54, 1.807) is 24.4 Å². The highest BCUT2D eigenvalue weighted by Gasteiger charge is 2.21. The molecule has 1 aliphatic heterocycles. The second-order valence-electron chi connectivity index (χ2n) is 13.1. The van der Waals surface area contributed by atoms with Crippen molar-refractivity contribution in [2.75, 3.05) is 32.8 Å². The Hall–Kier alpha value is -4.34. The number of aryl methyl sites for hydroxylation is 2. The molecule has 4 aromatic carbocycles. The van der Waals surface area contributed by atoms with Gasteiger partial charge in [-0.15, -0.1) is 17.0 Å². The first-order valence-corrected chi connectivity index (χ1v) is 18.2. The number of hydrogen-bond acceptors (Lipinski definition) is 6. The molecule has 0 bridgehead atoms. The Bertz CT molecular complexity index is 1970. The van der Waals surface area contributed by atoms with Gasteiger partial charge in [-0.05, 0) is 85.0 Å². The van der Waals surface area contributed by atoms with Crippen molar-refractivity contribution >= 4 is 51.7 Å². The number of hydrogen-bond donors (Lipinski definition) is 0. The summed E-state index contributed by atoms with van der Waals surface area (Å²) in [6.45, 7) is 10.8. The summed E-state index contributed by atoms with van der Waals surface area (Å²) >= 11 is 12.9. The fraction of sp³-hybridized carbons (Fsp3) is 0.256. The predicted octanol–water partition coefficient (Wildman–Crippen LogP) is 10.3. The molecule has 276 valence electrons. The van der Waals surface area contributed by atoms with Crippen LogP contribution >= 0.6 is 40.2 Å². The Labute approximate surface area is 332 Å². The molecule has 0 saturated carbocycles. The third kappa shape index (κ3) is 11.3. The number of pyridine rings is 1. The lowest BCUT2D eigenvalue weighted by Gasteiger charge is -2.34. The quantitative estimate of drug-likeness (QED) is 0.110. The van der Waals surface area contributed by atoms with Crippen LogP contribution in [0.1, 0.15) is 40.3 Å². The lowest BCUT2D eigenvalue weighted by atomic mass is 10.0. The zero-order valence-electron chi connectivity index (χ0n) is 30.2. The first-order chi connectivity index (χ1) is 25.2. The molecular weight excluding hydrogens is 773 g/mol. The SMILES string of the molecule is Br.C/C(=C\C(=O)N1CCN(Cc2ccc(CCOc3ccc(C)cc3)cc2)CC1)c1cc(C)c(Oc2ccc(OCc3ccccc3Cl)cn2)c(Cl)c1. The van der Waals surface area contributed by atoms with E-state index in [4.69, 9.17) is 37.4 Å². The minimum absolute atomic E-state index is 0. The molecule has 1 saturated heterocycles. The molecule has 1 fully saturated rings. The van der Waals surface area contributed by atoms with Gasteiger partial charge in [0.05, 0.1) is 17.8 Å². The average Bonchev–Trinajstić information content (AvgIpc) is 3.15. The van der Waals surface area contributed by atoms with Gasteiger partial charge in [-0.3, -0.25) is 9.69 Å². The van der Waals surface area contributed by atoms with E-state index in [1.165, 1.54) is 16.7 Å². The van der Waals surface area contributed by atoms with E-state index in [0.29, 0.717) is 53.7 Å². The normalized spacial score (nSPS) is 13.3. The summed E-state index contributed by atoms with van der Waals surface area (Å²) in [5.41, 5.74) is 7.18. The number of ether oxygens (including phenoxy) is 3. The maximum absolute atomic E-state index is 13.3. The number of nitrogens with zero attached hydrogens (tertiary/aromatic N) is 3. The summed E-state index contributed by atoms with van der Waals surface area (Å²) in [7, 11) is 0. The first kappa shape index (κ1) is 39.9. The maximum Gasteiger partial charge on any atom is 0.246 e. The molecule has 0 spiro atoms. The summed E-state index contributed by atoms with van der Waals surface area (Å²) in [6.07, 6.45) is 4.16. The molecule has 0 atom stereocenters. The number of piperazine rings is 1. The summed E-state index contributed by atoms with van der Waals surface area (Å²) in [4.78, 5) is 22.0. The highest BCUT2D eigenvalue weighted by atomic mass is 79.9. The highest BCUT2D eigenvalue weighted by molar-refractivity contribution is 8.93. The molecular formula is C43H44BrCl2N3O4. The van der Waals surface area contributed by atoms with Crippen molar-refractivity contribution in [3.63, 3.8) is 0 Å². The van der Waals surface area contributed by atoms with Crippen LogP contribution in [0.4, 0.5) is 0 Å². The zero-order valence-corrected chi connectivity index (χ0v) is 33.4. The Balaban J connectivity index is 0.00000541. The predicted molar refractivity (Wildman–Crippen MR) is 219 cm³/mol. The standard InChI is InChI=1S/C43H43Cl2N3O4.BrH/c1-30-8-14-37(15-9-30)50-23-18-33-10-12-34(13-11-33)28-47-19-21-48(22-20-47)42(49)25-31(2)36-24-32(3)43(40(45)26-36)52-41-17-16-38(27-46-41)51-29-35-6-4-5-7-39(35)44;/h4-17,24-27H,18-23,28-29H2,1-3H3;1H/b31-25+;. The van der Waals surface area contributed by atoms with Crippen LogP contribution in [0.3, 0.4) is 0 Å². The number of amides is 1. The van der Waals surface area contributed by atoms with Gasteiger partial charge in [0.15, 0.2) is 5.75 Å². The molecule has 7 nitrogen and oxygen atoms in total. The third-order valence-electron chi connectivity index (χ3n) is 9.09.